The van der Waals surface area contributed by atoms with Crippen molar-refractivity contribution >= 4 is 0 Å². The van der Waals surface area contributed by atoms with Crippen LogP contribution in [-0.4, -0.2) is 37.9 Å². The molecule has 1 unspecified atom stereocenters. The molecule has 0 bridgehead atoms. The maximum Gasteiger partial charge on any atom is 0.0700 e. The Morgan fingerprint density at radius 3 is 2.64 bits per heavy atom. The molecule has 1 rings (SSSR count). The Morgan fingerprint density at radius 2 is 2.07 bits per heavy atom. The van der Waals surface area contributed by atoms with Crippen molar-refractivity contribution in [3.63, 3.8) is 0 Å². The third kappa shape index (κ3) is 5.58. The van der Waals surface area contributed by atoms with Crippen LogP contribution in [0.5, 0.6) is 0 Å². The Balaban J connectivity index is 1.89. The van der Waals surface area contributed by atoms with Gasteiger partial charge in [-0.15, -0.1) is 0 Å². The Morgan fingerprint density at radius 1 is 1.29 bits per heavy atom. The van der Waals surface area contributed by atoms with Crippen LogP contribution in [0.3, 0.4) is 0 Å². The SMILES string of the molecule is CC(C)(C)NCCNCC1CCCO1. The average molecular weight is 200 g/mol. The minimum atomic E-state index is 0.228. The van der Waals surface area contributed by atoms with Crippen molar-refractivity contribution < 1.29 is 4.74 Å². The molecule has 0 aromatic heterocycles. The van der Waals surface area contributed by atoms with E-state index in [0.29, 0.717) is 6.10 Å². The number of nitrogens with one attached hydrogen (secondary N) is 2. The van der Waals surface area contributed by atoms with Gasteiger partial charge in [0.1, 0.15) is 0 Å². The van der Waals surface area contributed by atoms with E-state index in [9.17, 15) is 0 Å². The predicted molar refractivity (Wildman–Crippen MR) is 59.6 cm³/mol. The molecule has 1 saturated heterocycles. The summed E-state index contributed by atoms with van der Waals surface area (Å²) in [6.45, 7) is 10.6. The van der Waals surface area contributed by atoms with Gasteiger partial charge in [0.15, 0.2) is 0 Å². The summed E-state index contributed by atoms with van der Waals surface area (Å²) in [6, 6.07) is 0. The van der Waals surface area contributed by atoms with E-state index in [-0.39, 0.29) is 5.54 Å². The van der Waals surface area contributed by atoms with Gasteiger partial charge < -0.3 is 15.4 Å². The largest absolute Gasteiger partial charge is 0.377 e. The van der Waals surface area contributed by atoms with Gasteiger partial charge in [-0.3, -0.25) is 0 Å². The van der Waals surface area contributed by atoms with Crippen molar-refractivity contribution in [3.8, 4) is 0 Å². The molecule has 0 radical (unpaired) electrons. The van der Waals surface area contributed by atoms with Crippen molar-refractivity contribution in [2.75, 3.05) is 26.2 Å². The zero-order valence-corrected chi connectivity index (χ0v) is 9.73. The van der Waals surface area contributed by atoms with Crippen LogP contribution in [0, 0.1) is 0 Å². The summed E-state index contributed by atoms with van der Waals surface area (Å²) in [6.07, 6.45) is 2.91. The monoisotopic (exact) mass is 200 g/mol. The van der Waals surface area contributed by atoms with E-state index < -0.39 is 0 Å². The first-order chi connectivity index (χ1) is 6.58. The number of rotatable bonds is 5. The molecule has 84 valence electrons. The molecule has 3 nitrogen and oxygen atoms in total. The van der Waals surface area contributed by atoms with E-state index >= 15 is 0 Å². The molecule has 1 aliphatic rings. The molecule has 0 aromatic rings. The Bertz CT molecular complexity index is 148. The van der Waals surface area contributed by atoms with E-state index in [4.69, 9.17) is 4.74 Å². The van der Waals surface area contributed by atoms with Crippen LogP contribution >= 0.6 is 0 Å². The van der Waals surface area contributed by atoms with Gasteiger partial charge in [-0.25, -0.2) is 0 Å². The lowest BCUT2D eigenvalue weighted by atomic mass is 10.1. The van der Waals surface area contributed by atoms with Crippen molar-refractivity contribution in [2.24, 2.45) is 0 Å². The highest BCUT2D eigenvalue weighted by Gasteiger charge is 2.14. The van der Waals surface area contributed by atoms with Gasteiger partial charge in [-0.05, 0) is 33.6 Å². The first-order valence-corrected chi connectivity index (χ1v) is 5.65. The summed E-state index contributed by atoms with van der Waals surface area (Å²) in [5.74, 6) is 0. The molecule has 0 saturated carbocycles. The molecule has 1 fully saturated rings. The molecule has 0 amide bonds. The minimum absolute atomic E-state index is 0.228. The van der Waals surface area contributed by atoms with Gasteiger partial charge >= 0.3 is 0 Å². The standard InChI is InChI=1S/C11H24N2O/c1-11(2,3)13-7-6-12-9-10-5-4-8-14-10/h10,12-13H,4-9H2,1-3H3. The maximum atomic E-state index is 5.52. The second-order valence-electron chi connectivity index (χ2n) is 5.02. The second-order valence-corrected chi connectivity index (χ2v) is 5.02. The highest BCUT2D eigenvalue weighted by Crippen LogP contribution is 2.10. The first-order valence-electron chi connectivity index (χ1n) is 5.65. The van der Waals surface area contributed by atoms with Gasteiger partial charge in [0.05, 0.1) is 6.10 Å². The Kier molecular flexibility index (Phi) is 4.85. The fraction of sp³-hybridized carbons (Fsp3) is 1.00. The Hall–Kier alpha value is -0.120. The average Bonchev–Trinajstić information content (AvgIpc) is 2.54. The molecule has 0 spiro atoms. The predicted octanol–water partition coefficient (Wildman–Crippen LogP) is 1.14. The van der Waals surface area contributed by atoms with Crippen LogP contribution in [0.1, 0.15) is 33.6 Å². The third-order valence-electron chi connectivity index (χ3n) is 2.35. The molecule has 14 heavy (non-hydrogen) atoms. The van der Waals surface area contributed by atoms with Gasteiger partial charge in [0, 0.05) is 31.8 Å². The van der Waals surface area contributed by atoms with Crippen molar-refractivity contribution in [2.45, 2.75) is 45.3 Å². The highest BCUT2D eigenvalue weighted by atomic mass is 16.5. The van der Waals surface area contributed by atoms with Crippen molar-refractivity contribution in [1.29, 1.82) is 0 Å². The summed E-state index contributed by atoms with van der Waals surface area (Å²) in [4.78, 5) is 0. The topological polar surface area (TPSA) is 33.3 Å². The van der Waals surface area contributed by atoms with E-state index in [1.165, 1.54) is 12.8 Å². The van der Waals surface area contributed by atoms with E-state index in [1.807, 2.05) is 0 Å². The highest BCUT2D eigenvalue weighted by molar-refractivity contribution is 4.72. The van der Waals surface area contributed by atoms with Gasteiger partial charge in [0.25, 0.3) is 0 Å². The van der Waals surface area contributed by atoms with Crippen LogP contribution < -0.4 is 10.6 Å². The lowest BCUT2D eigenvalue weighted by Crippen LogP contribution is -2.41. The molecule has 0 aromatic carbocycles. The molecular weight excluding hydrogens is 176 g/mol. The molecule has 1 aliphatic heterocycles. The summed E-state index contributed by atoms with van der Waals surface area (Å²) in [5.41, 5.74) is 0.228. The van der Waals surface area contributed by atoms with E-state index in [1.54, 1.807) is 0 Å². The molecule has 2 N–H and O–H groups in total. The molecular formula is C11H24N2O. The fourth-order valence-corrected chi connectivity index (χ4v) is 1.59. The molecule has 1 atom stereocenters. The van der Waals surface area contributed by atoms with Gasteiger partial charge in [-0.1, -0.05) is 0 Å². The normalized spacial score (nSPS) is 22.9. The minimum Gasteiger partial charge on any atom is -0.377 e. The second kappa shape index (κ2) is 5.69. The molecule has 3 heteroatoms. The van der Waals surface area contributed by atoms with Crippen LogP contribution in [-0.2, 0) is 4.74 Å². The number of ether oxygens (including phenoxy) is 1. The van der Waals surface area contributed by atoms with Crippen LogP contribution in [0.25, 0.3) is 0 Å². The summed E-state index contributed by atoms with van der Waals surface area (Å²) < 4.78 is 5.52. The van der Waals surface area contributed by atoms with Gasteiger partial charge in [0.2, 0.25) is 0 Å². The smallest absolute Gasteiger partial charge is 0.0700 e. The fourth-order valence-electron chi connectivity index (χ4n) is 1.59. The van der Waals surface area contributed by atoms with Crippen LogP contribution in [0.2, 0.25) is 0 Å². The van der Waals surface area contributed by atoms with Crippen molar-refractivity contribution in [1.82, 2.24) is 10.6 Å². The zero-order valence-electron chi connectivity index (χ0n) is 9.73. The summed E-state index contributed by atoms with van der Waals surface area (Å²) >= 11 is 0. The lowest BCUT2D eigenvalue weighted by Gasteiger charge is -2.20. The van der Waals surface area contributed by atoms with E-state index in [0.717, 1.165) is 26.2 Å². The Labute approximate surface area is 87.6 Å². The number of hydrogen-bond donors (Lipinski definition) is 2. The zero-order chi connectivity index (χ0) is 10.4. The third-order valence-corrected chi connectivity index (χ3v) is 2.35. The number of hydrogen-bond acceptors (Lipinski definition) is 3. The lowest BCUT2D eigenvalue weighted by molar-refractivity contribution is 0.110. The maximum absolute atomic E-state index is 5.52. The van der Waals surface area contributed by atoms with Gasteiger partial charge in [-0.2, -0.15) is 0 Å². The molecule has 1 heterocycles. The molecule has 0 aliphatic carbocycles. The van der Waals surface area contributed by atoms with Crippen LogP contribution in [0.4, 0.5) is 0 Å². The summed E-state index contributed by atoms with van der Waals surface area (Å²) in [5, 5.41) is 6.86. The summed E-state index contributed by atoms with van der Waals surface area (Å²) in [7, 11) is 0. The van der Waals surface area contributed by atoms with Crippen molar-refractivity contribution in [3.05, 3.63) is 0 Å². The van der Waals surface area contributed by atoms with E-state index in [2.05, 4.69) is 31.4 Å². The quantitative estimate of drug-likeness (QED) is 0.653. The van der Waals surface area contributed by atoms with Crippen LogP contribution in [0.15, 0.2) is 0 Å². The first kappa shape index (κ1) is 12.0.